The molecule has 0 saturated carbocycles. The van der Waals surface area contributed by atoms with Crippen molar-refractivity contribution in [1.29, 1.82) is 0 Å². The Bertz CT molecular complexity index is 6.00. The van der Waals surface area contributed by atoms with E-state index < -0.39 is 0 Å². The maximum Gasteiger partial charge on any atom is 1.00 e. The Morgan fingerprint density at radius 3 is 1.00 bits per heavy atom. The summed E-state index contributed by atoms with van der Waals surface area (Å²) in [4.78, 5) is 1.97. The van der Waals surface area contributed by atoms with Crippen LogP contribution in [0.2, 0.25) is 0 Å². The van der Waals surface area contributed by atoms with Gasteiger partial charge >= 0.3 is 59.1 Å². The van der Waals surface area contributed by atoms with Crippen molar-refractivity contribution in [2.45, 2.75) is 0 Å². The first-order chi connectivity index (χ1) is 1.00. The van der Waals surface area contributed by atoms with Crippen LogP contribution in [0.1, 0.15) is 0 Å². The molecule has 0 heterocycles. The van der Waals surface area contributed by atoms with Crippen LogP contribution in [-0.4, -0.2) is 4.93 Å². The standard InChI is InChI=1S/CH3I.2Na/c1-2;;/h1H3;;/q;2*+1. The summed E-state index contributed by atoms with van der Waals surface area (Å²) in [5, 5.41) is 0. The summed E-state index contributed by atoms with van der Waals surface area (Å²) in [5.74, 6) is 0. The molecule has 0 nitrogen and oxygen atoms in total. The van der Waals surface area contributed by atoms with Crippen LogP contribution in [0, 0.1) is 0 Å². The third kappa shape index (κ3) is 8.83. The molecule has 0 aliphatic heterocycles. The molecule has 0 spiro atoms. The molecule has 0 aromatic carbocycles. The van der Waals surface area contributed by atoms with Crippen molar-refractivity contribution in [3.8, 4) is 0 Å². The van der Waals surface area contributed by atoms with Gasteiger partial charge in [-0.1, -0.05) is 22.6 Å². The predicted octanol–water partition coefficient (Wildman–Crippen LogP) is -4.94. The van der Waals surface area contributed by atoms with Crippen molar-refractivity contribution in [2.24, 2.45) is 0 Å². The second kappa shape index (κ2) is 17.2. The van der Waals surface area contributed by atoms with Gasteiger partial charge in [0.1, 0.15) is 0 Å². The Labute approximate surface area is 84.8 Å². The normalized spacial score (nSPS) is 1.50. The monoisotopic (exact) mass is 188 g/mol. The van der Waals surface area contributed by atoms with E-state index in [2.05, 4.69) is 22.6 Å². The molecule has 0 radical (unpaired) electrons. The topological polar surface area (TPSA) is 0 Å². The molecule has 0 saturated heterocycles. The van der Waals surface area contributed by atoms with Crippen molar-refractivity contribution >= 4 is 22.6 Å². The summed E-state index contributed by atoms with van der Waals surface area (Å²) in [6.45, 7) is 0. The van der Waals surface area contributed by atoms with Crippen LogP contribution in [0.15, 0.2) is 0 Å². The number of hydrogen-bond acceptors (Lipinski definition) is 0. The molecule has 0 fully saturated rings. The quantitative estimate of drug-likeness (QED) is 0.203. The minimum Gasteiger partial charge on any atom is -0.0901 e. The fourth-order valence-corrected chi connectivity index (χ4v) is 0. The van der Waals surface area contributed by atoms with Crippen molar-refractivity contribution in [3.63, 3.8) is 0 Å². The third-order valence-electron chi connectivity index (χ3n) is 0. The van der Waals surface area contributed by atoms with Crippen molar-refractivity contribution < 1.29 is 59.1 Å². The molecule has 0 aromatic heterocycles. The average Bonchev–Trinajstić information content (AvgIpc) is 1.00. The molecule has 0 unspecified atom stereocenters. The first-order valence-electron chi connectivity index (χ1n) is 0.378. The maximum atomic E-state index is 2.15. The van der Waals surface area contributed by atoms with Gasteiger partial charge in [-0.05, 0) is 4.93 Å². The molecule has 0 atom stereocenters. The molecular formula is CH3INa2+2. The summed E-state index contributed by atoms with van der Waals surface area (Å²) < 4.78 is 0. The molecule has 0 aromatic rings. The Hall–Kier alpha value is 2.73. The van der Waals surface area contributed by atoms with Gasteiger partial charge < -0.3 is 0 Å². The van der Waals surface area contributed by atoms with E-state index in [0.29, 0.717) is 0 Å². The van der Waals surface area contributed by atoms with Gasteiger partial charge in [0.25, 0.3) is 0 Å². The molecule has 0 N–H and O–H groups in total. The molecule has 4 heavy (non-hydrogen) atoms. The summed E-state index contributed by atoms with van der Waals surface area (Å²) in [7, 11) is 0. The third-order valence-corrected chi connectivity index (χ3v) is 0. The minimum atomic E-state index is 0. The van der Waals surface area contributed by atoms with Crippen LogP contribution in [0.5, 0.6) is 0 Å². The van der Waals surface area contributed by atoms with Crippen LogP contribution in [0.3, 0.4) is 0 Å². The van der Waals surface area contributed by atoms with E-state index in [9.17, 15) is 0 Å². The molecule has 14 valence electrons. The molecule has 0 bridgehead atoms. The van der Waals surface area contributed by atoms with Gasteiger partial charge in [-0.25, -0.2) is 0 Å². The second-order valence-electron chi connectivity index (χ2n) is 0. The summed E-state index contributed by atoms with van der Waals surface area (Å²) in [6, 6.07) is 0. The smallest absolute Gasteiger partial charge is 0.0901 e. The fraction of sp³-hybridized carbons (Fsp3) is 1.00. The molecule has 0 aliphatic rings. The zero-order valence-electron chi connectivity index (χ0n) is 3.38. The van der Waals surface area contributed by atoms with E-state index >= 15 is 0 Å². The van der Waals surface area contributed by atoms with Crippen molar-refractivity contribution in [2.75, 3.05) is 4.93 Å². The van der Waals surface area contributed by atoms with Gasteiger partial charge in [-0.15, -0.1) is 0 Å². The number of rotatable bonds is 0. The number of alkyl halides is 1. The average molecular weight is 188 g/mol. The number of halogens is 1. The summed E-state index contributed by atoms with van der Waals surface area (Å²) >= 11 is 2.15. The van der Waals surface area contributed by atoms with E-state index in [1.807, 2.05) is 4.93 Å². The van der Waals surface area contributed by atoms with E-state index in [-0.39, 0.29) is 59.1 Å². The summed E-state index contributed by atoms with van der Waals surface area (Å²) in [5.41, 5.74) is 0. The Kier molecular flexibility index (Phi) is 68.3. The first-order valence-corrected chi connectivity index (χ1v) is 2.54. The van der Waals surface area contributed by atoms with E-state index in [1.54, 1.807) is 0 Å². The molecule has 3 heteroatoms. The van der Waals surface area contributed by atoms with E-state index in [4.69, 9.17) is 0 Å². The van der Waals surface area contributed by atoms with Gasteiger partial charge in [0.2, 0.25) is 0 Å². The van der Waals surface area contributed by atoms with Gasteiger partial charge in [0, 0.05) is 0 Å². The van der Waals surface area contributed by atoms with Gasteiger partial charge in [0.15, 0.2) is 0 Å². The molecule has 0 aliphatic carbocycles. The van der Waals surface area contributed by atoms with Crippen LogP contribution in [0.25, 0.3) is 0 Å². The van der Waals surface area contributed by atoms with Gasteiger partial charge in [-0.2, -0.15) is 0 Å². The zero-order chi connectivity index (χ0) is 2.00. The van der Waals surface area contributed by atoms with E-state index in [0.717, 1.165) is 0 Å². The SMILES string of the molecule is CI.[Na+].[Na+]. The van der Waals surface area contributed by atoms with E-state index in [1.165, 1.54) is 0 Å². The zero-order valence-corrected chi connectivity index (χ0v) is 9.54. The second-order valence-corrected chi connectivity index (χ2v) is 0. The predicted molar refractivity (Wildman–Crippen MR) is 19.9 cm³/mol. The van der Waals surface area contributed by atoms with Crippen LogP contribution < -0.4 is 59.1 Å². The van der Waals surface area contributed by atoms with Crippen molar-refractivity contribution in [1.82, 2.24) is 0 Å². The largest absolute Gasteiger partial charge is 1.00 e. The Morgan fingerprint density at radius 1 is 1.00 bits per heavy atom. The minimum absolute atomic E-state index is 0. The van der Waals surface area contributed by atoms with Gasteiger partial charge in [0.05, 0.1) is 0 Å². The van der Waals surface area contributed by atoms with Crippen molar-refractivity contribution in [3.05, 3.63) is 0 Å². The fourth-order valence-electron chi connectivity index (χ4n) is 0. The molecular weight excluding hydrogens is 185 g/mol. The van der Waals surface area contributed by atoms with Crippen LogP contribution >= 0.6 is 22.6 Å². The van der Waals surface area contributed by atoms with Gasteiger partial charge in [-0.3, -0.25) is 0 Å². The Balaban J connectivity index is -0.00000000500. The summed E-state index contributed by atoms with van der Waals surface area (Å²) in [6.07, 6.45) is 0. The van der Waals surface area contributed by atoms with Crippen LogP contribution in [-0.2, 0) is 0 Å². The molecule has 0 amide bonds. The Morgan fingerprint density at radius 2 is 1.00 bits per heavy atom. The number of hydrogen-bond donors (Lipinski definition) is 0. The van der Waals surface area contributed by atoms with Crippen LogP contribution in [0.4, 0.5) is 0 Å². The first kappa shape index (κ1) is 15.9. The molecule has 0 rings (SSSR count). The maximum absolute atomic E-state index is 2.15.